The van der Waals surface area contributed by atoms with Crippen LogP contribution in [0.1, 0.15) is 10.7 Å². The van der Waals surface area contributed by atoms with Gasteiger partial charge in [-0.05, 0) is 12.1 Å². The molecule has 0 fully saturated rings. The average molecular weight is 262 g/mol. The highest BCUT2D eigenvalue weighted by molar-refractivity contribution is 7.09. The van der Waals surface area contributed by atoms with E-state index in [1.165, 1.54) is 11.3 Å². The van der Waals surface area contributed by atoms with Gasteiger partial charge in [0.25, 0.3) is 0 Å². The number of benzene rings is 1. The Bertz CT molecular complexity index is 511. The van der Waals surface area contributed by atoms with Crippen LogP contribution in [0.25, 0.3) is 0 Å². The van der Waals surface area contributed by atoms with Crippen molar-refractivity contribution < 1.29 is 9.53 Å². The summed E-state index contributed by atoms with van der Waals surface area (Å²) in [5, 5.41) is 5.60. The molecule has 94 valence electrons. The number of anilines is 1. The fraction of sp³-hybridized carbons (Fsp3) is 0.231. The number of carbonyl (C=O) groups is 1. The average Bonchev–Trinajstić information content (AvgIpc) is 2.78. The molecule has 1 amide bonds. The standard InChI is InChI=1S/C13H14N2O2S/c1-17-8-13-15-11(9-18-13)7-12(16)14-10-5-3-2-4-6-10/h2-6,9H,7-8H2,1H3,(H,14,16). The van der Waals surface area contributed by atoms with Crippen molar-refractivity contribution in [2.75, 3.05) is 12.4 Å². The van der Waals surface area contributed by atoms with E-state index < -0.39 is 0 Å². The highest BCUT2D eigenvalue weighted by Gasteiger charge is 2.07. The third kappa shape index (κ3) is 3.65. The Hall–Kier alpha value is -1.72. The van der Waals surface area contributed by atoms with Gasteiger partial charge in [-0.1, -0.05) is 18.2 Å². The van der Waals surface area contributed by atoms with Gasteiger partial charge in [0.1, 0.15) is 5.01 Å². The minimum absolute atomic E-state index is 0.0598. The number of carbonyl (C=O) groups excluding carboxylic acids is 1. The Morgan fingerprint density at radius 1 is 1.39 bits per heavy atom. The van der Waals surface area contributed by atoms with Crippen LogP contribution in [0.4, 0.5) is 5.69 Å². The maximum absolute atomic E-state index is 11.8. The van der Waals surface area contributed by atoms with Gasteiger partial charge >= 0.3 is 0 Å². The number of amides is 1. The van der Waals surface area contributed by atoms with E-state index in [-0.39, 0.29) is 12.3 Å². The van der Waals surface area contributed by atoms with Gasteiger partial charge in [0.15, 0.2) is 0 Å². The third-order valence-electron chi connectivity index (χ3n) is 2.27. The Labute approximate surface area is 110 Å². The number of nitrogens with one attached hydrogen (secondary N) is 1. The number of methoxy groups -OCH3 is 1. The molecule has 0 aliphatic rings. The van der Waals surface area contributed by atoms with Crippen molar-refractivity contribution in [2.24, 2.45) is 0 Å². The van der Waals surface area contributed by atoms with Crippen molar-refractivity contribution in [3.05, 3.63) is 46.4 Å². The first-order valence-electron chi connectivity index (χ1n) is 5.55. The summed E-state index contributed by atoms with van der Waals surface area (Å²) in [7, 11) is 1.63. The first-order valence-corrected chi connectivity index (χ1v) is 6.43. The second-order valence-electron chi connectivity index (χ2n) is 3.76. The molecule has 0 unspecified atom stereocenters. The lowest BCUT2D eigenvalue weighted by molar-refractivity contribution is -0.115. The van der Waals surface area contributed by atoms with E-state index in [0.29, 0.717) is 6.61 Å². The van der Waals surface area contributed by atoms with E-state index in [1.54, 1.807) is 7.11 Å². The molecule has 18 heavy (non-hydrogen) atoms. The Balaban J connectivity index is 1.90. The number of nitrogens with zero attached hydrogens (tertiary/aromatic N) is 1. The first kappa shape index (κ1) is 12.7. The second-order valence-corrected chi connectivity index (χ2v) is 4.70. The Kier molecular flexibility index (Phi) is 4.44. The Morgan fingerprint density at radius 3 is 2.89 bits per heavy atom. The van der Waals surface area contributed by atoms with Crippen molar-refractivity contribution in [1.82, 2.24) is 4.98 Å². The third-order valence-corrected chi connectivity index (χ3v) is 3.14. The van der Waals surface area contributed by atoms with Gasteiger partial charge in [0, 0.05) is 18.2 Å². The van der Waals surface area contributed by atoms with Crippen molar-refractivity contribution in [3.63, 3.8) is 0 Å². The molecule has 0 atom stereocenters. The van der Waals surface area contributed by atoms with Crippen molar-refractivity contribution in [2.45, 2.75) is 13.0 Å². The molecule has 1 aromatic heterocycles. The summed E-state index contributed by atoms with van der Waals surface area (Å²) in [6, 6.07) is 9.39. The zero-order chi connectivity index (χ0) is 12.8. The quantitative estimate of drug-likeness (QED) is 0.900. The highest BCUT2D eigenvalue weighted by atomic mass is 32.1. The molecule has 0 saturated heterocycles. The zero-order valence-electron chi connectivity index (χ0n) is 10.1. The van der Waals surface area contributed by atoms with Crippen molar-refractivity contribution in [1.29, 1.82) is 0 Å². The summed E-state index contributed by atoms with van der Waals surface area (Å²) in [6.07, 6.45) is 0.287. The molecule has 1 N–H and O–H groups in total. The van der Waals surface area contributed by atoms with Gasteiger partial charge in [-0.15, -0.1) is 11.3 Å². The fourth-order valence-electron chi connectivity index (χ4n) is 1.51. The molecule has 4 nitrogen and oxygen atoms in total. The van der Waals surface area contributed by atoms with Crippen LogP contribution in [0, 0.1) is 0 Å². The molecule has 1 heterocycles. The molecule has 0 saturated carbocycles. The number of para-hydroxylation sites is 1. The van der Waals surface area contributed by atoms with E-state index >= 15 is 0 Å². The van der Waals surface area contributed by atoms with Gasteiger partial charge in [-0.2, -0.15) is 0 Å². The van der Waals surface area contributed by atoms with Gasteiger partial charge in [-0.25, -0.2) is 4.98 Å². The molecule has 2 aromatic rings. The summed E-state index contributed by atoms with van der Waals surface area (Å²) in [5.41, 5.74) is 1.58. The number of aromatic nitrogens is 1. The summed E-state index contributed by atoms with van der Waals surface area (Å²) >= 11 is 1.51. The lowest BCUT2D eigenvalue weighted by atomic mass is 10.3. The van der Waals surface area contributed by atoms with E-state index in [0.717, 1.165) is 16.4 Å². The smallest absolute Gasteiger partial charge is 0.230 e. The molecular weight excluding hydrogens is 248 g/mol. The lowest BCUT2D eigenvalue weighted by Gasteiger charge is -2.02. The molecule has 2 rings (SSSR count). The van der Waals surface area contributed by atoms with Crippen LogP contribution in [0.2, 0.25) is 0 Å². The van der Waals surface area contributed by atoms with Crippen molar-refractivity contribution >= 4 is 22.9 Å². The summed E-state index contributed by atoms with van der Waals surface area (Å²) in [6.45, 7) is 0.491. The molecule has 0 radical (unpaired) electrons. The first-order chi connectivity index (χ1) is 8.78. The summed E-state index contributed by atoms with van der Waals surface area (Å²) in [5.74, 6) is -0.0598. The number of hydrogen-bond donors (Lipinski definition) is 1. The van der Waals surface area contributed by atoms with Crippen LogP contribution in [0.15, 0.2) is 35.7 Å². The van der Waals surface area contributed by atoms with Crippen LogP contribution >= 0.6 is 11.3 Å². The van der Waals surface area contributed by atoms with Crippen molar-refractivity contribution in [3.8, 4) is 0 Å². The number of rotatable bonds is 5. The Morgan fingerprint density at radius 2 is 2.17 bits per heavy atom. The molecule has 1 aromatic carbocycles. The van der Waals surface area contributed by atoms with Crippen LogP contribution in [0.3, 0.4) is 0 Å². The molecule has 5 heteroatoms. The highest BCUT2D eigenvalue weighted by Crippen LogP contribution is 2.12. The minimum atomic E-state index is -0.0598. The number of thiazole rings is 1. The van der Waals surface area contributed by atoms with Crippen LogP contribution in [-0.2, 0) is 22.6 Å². The molecule has 0 spiro atoms. The van der Waals surface area contributed by atoms with E-state index in [9.17, 15) is 4.79 Å². The van der Waals surface area contributed by atoms with Crippen LogP contribution in [0.5, 0.6) is 0 Å². The second kappa shape index (κ2) is 6.28. The molecule has 0 aliphatic carbocycles. The lowest BCUT2D eigenvalue weighted by Crippen LogP contribution is -2.14. The minimum Gasteiger partial charge on any atom is -0.378 e. The van der Waals surface area contributed by atoms with Gasteiger partial charge in [0.05, 0.1) is 18.7 Å². The monoisotopic (exact) mass is 262 g/mol. The maximum atomic E-state index is 11.8. The van der Waals surface area contributed by atoms with Gasteiger partial charge in [0.2, 0.25) is 5.91 Å². The van der Waals surface area contributed by atoms with Crippen LogP contribution < -0.4 is 5.32 Å². The number of hydrogen-bond acceptors (Lipinski definition) is 4. The van der Waals surface area contributed by atoms with Gasteiger partial charge < -0.3 is 10.1 Å². The summed E-state index contributed by atoms with van der Waals surface area (Å²) in [4.78, 5) is 16.1. The SMILES string of the molecule is COCc1nc(CC(=O)Nc2ccccc2)cs1. The largest absolute Gasteiger partial charge is 0.378 e. The molecular formula is C13H14N2O2S. The normalized spacial score (nSPS) is 10.3. The van der Waals surface area contributed by atoms with Gasteiger partial charge in [-0.3, -0.25) is 4.79 Å². The van der Waals surface area contributed by atoms with E-state index in [1.807, 2.05) is 35.7 Å². The predicted octanol–water partition coefficient (Wildman–Crippen LogP) is 2.47. The summed E-state index contributed by atoms with van der Waals surface area (Å²) < 4.78 is 4.99. The molecule has 0 bridgehead atoms. The zero-order valence-corrected chi connectivity index (χ0v) is 10.9. The number of ether oxygens (including phenoxy) is 1. The van der Waals surface area contributed by atoms with E-state index in [4.69, 9.17) is 4.74 Å². The molecule has 0 aliphatic heterocycles. The maximum Gasteiger partial charge on any atom is 0.230 e. The predicted molar refractivity (Wildman–Crippen MR) is 71.6 cm³/mol. The van der Waals surface area contributed by atoms with E-state index in [2.05, 4.69) is 10.3 Å². The fourth-order valence-corrected chi connectivity index (χ4v) is 2.28. The van der Waals surface area contributed by atoms with Crippen LogP contribution in [-0.4, -0.2) is 18.0 Å². The topological polar surface area (TPSA) is 51.2 Å².